The number of hydrogen-bond donors (Lipinski definition) is 0. The highest BCUT2D eigenvalue weighted by atomic mass is 79.9. The van der Waals surface area contributed by atoms with Crippen LogP contribution in [0.2, 0.25) is 5.02 Å². The maximum absolute atomic E-state index is 13.1. The summed E-state index contributed by atoms with van der Waals surface area (Å²) in [6.45, 7) is 3.24. The fourth-order valence-electron chi connectivity index (χ4n) is 4.53. The van der Waals surface area contributed by atoms with Gasteiger partial charge in [0.2, 0.25) is 10.0 Å². The molecular weight excluding hydrogens is 618 g/mol. The van der Waals surface area contributed by atoms with Crippen molar-refractivity contribution < 1.29 is 13.2 Å². The molecule has 39 heavy (non-hydrogen) atoms. The van der Waals surface area contributed by atoms with E-state index in [2.05, 4.69) is 4.57 Å². The number of carbonyl (C=O) groups excluding carboxylic acids is 1. The van der Waals surface area contributed by atoms with Crippen molar-refractivity contribution in [2.24, 2.45) is 4.99 Å². The number of nitrogens with zero attached hydrogens (tertiary/aromatic N) is 3. The first-order valence-electron chi connectivity index (χ1n) is 12.5. The van der Waals surface area contributed by atoms with Gasteiger partial charge in [-0.3, -0.25) is 4.79 Å². The van der Waals surface area contributed by atoms with Crippen molar-refractivity contribution in [3.63, 3.8) is 0 Å². The number of piperidine rings is 1. The molecule has 2 heterocycles. The van der Waals surface area contributed by atoms with Crippen LogP contribution in [0.1, 0.15) is 42.1 Å². The second kappa shape index (κ2) is 12.7. The summed E-state index contributed by atoms with van der Waals surface area (Å²) in [6.07, 6.45) is 2.88. The molecule has 0 aliphatic carbocycles. The Kier molecular flexibility index (Phi) is 9.61. The molecule has 3 aromatic carbocycles. The average Bonchev–Trinajstić information content (AvgIpc) is 3.32. The number of sulfonamides is 1. The molecule has 10 heteroatoms. The summed E-state index contributed by atoms with van der Waals surface area (Å²) < 4.78 is 29.9. The lowest BCUT2D eigenvalue weighted by Crippen LogP contribution is -2.35. The highest BCUT2D eigenvalue weighted by molar-refractivity contribution is 8.93. The van der Waals surface area contributed by atoms with Crippen molar-refractivity contribution >= 4 is 61.4 Å². The summed E-state index contributed by atoms with van der Waals surface area (Å²) in [6, 6.07) is 22.0. The Hall–Kier alpha value is -2.56. The van der Waals surface area contributed by atoms with E-state index in [0.717, 1.165) is 40.9 Å². The van der Waals surface area contributed by atoms with Gasteiger partial charge >= 0.3 is 0 Å². The van der Waals surface area contributed by atoms with Crippen molar-refractivity contribution in [3.05, 3.63) is 99.1 Å². The third-order valence-corrected chi connectivity index (χ3v) is 9.66. The van der Waals surface area contributed by atoms with Gasteiger partial charge in [0.1, 0.15) is 0 Å². The van der Waals surface area contributed by atoms with E-state index in [1.54, 1.807) is 28.6 Å². The number of rotatable bonds is 7. The van der Waals surface area contributed by atoms with E-state index >= 15 is 0 Å². The molecular formula is C29H29BrClN3O3S2. The number of carbonyl (C=O) groups is 1. The van der Waals surface area contributed by atoms with Crippen LogP contribution in [0, 0.1) is 0 Å². The fourth-order valence-corrected chi connectivity index (χ4v) is 7.10. The van der Waals surface area contributed by atoms with Crippen LogP contribution < -0.4 is 4.80 Å². The Morgan fingerprint density at radius 3 is 2.33 bits per heavy atom. The highest BCUT2D eigenvalue weighted by Crippen LogP contribution is 2.26. The van der Waals surface area contributed by atoms with E-state index in [4.69, 9.17) is 16.6 Å². The third kappa shape index (κ3) is 6.78. The second-order valence-corrected chi connectivity index (χ2v) is 12.5. The highest BCUT2D eigenvalue weighted by Gasteiger charge is 2.26. The van der Waals surface area contributed by atoms with Gasteiger partial charge in [-0.05, 0) is 67.3 Å². The minimum Gasteiger partial charge on any atom is -0.312 e. The number of hydrogen-bond acceptors (Lipinski definition) is 5. The van der Waals surface area contributed by atoms with E-state index in [1.807, 2.05) is 53.9 Å². The van der Waals surface area contributed by atoms with Crippen LogP contribution in [0.15, 0.2) is 88.1 Å². The average molecular weight is 647 g/mol. The van der Waals surface area contributed by atoms with Gasteiger partial charge in [0.25, 0.3) is 0 Å². The van der Waals surface area contributed by atoms with Gasteiger partial charge < -0.3 is 4.57 Å². The predicted molar refractivity (Wildman–Crippen MR) is 163 cm³/mol. The molecule has 1 saturated heterocycles. The third-order valence-electron chi connectivity index (χ3n) is 6.63. The van der Waals surface area contributed by atoms with Crippen molar-refractivity contribution in [3.8, 4) is 11.3 Å². The SMILES string of the molecule is Br.CC(=O)c1cccc(N=c2scc(-c3ccc(S(=O)(=O)N4CCCCC4)cc3)n2Cc2ccc(Cl)cc2)c1. The molecule has 0 atom stereocenters. The Morgan fingerprint density at radius 2 is 1.67 bits per heavy atom. The lowest BCUT2D eigenvalue weighted by molar-refractivity contribution is 0.101. The molecule has 0 bridgehead atoms. The fraction of sp³-hybridized carbons (Fsp3) is 0.241. The monoisotopic (exact) mass is 645 g/mol. The molecule has 0 radical (unpaired) electrons. The standard InChI is InChI=1S/C29H28ClN3O3S2.BrH/c1-21(34)24-6-5-7-26(18-24)31-29-33(19-22-8-12-25(30)13-9-22)28(20-37-29)23-10-14-27(15-11-23)38(35,36)32-16-3-2-4-17-32;/h5-15,18,20H,2-4,16-17,19H2,1H3;1H. The summed E-state index contributed by atoms with van der Waals surface area (Å²) in [5, 5.41) is 2.69. The summed E-state index contributed by atoms with van der Waals surface area (Å²) in [5.74, 6) is -0.0115. The first kappa shape index (κ1) is 29.4. The van der Waals surface area contributed by atoms with E-state index in [9.17, 15) is 13.2 Å². The Balaban J connectivity index is 0.00000353. The first-order chi connectivity index (χ1) is 18.3. The molecule has 204 valence electrons. The number of benzene rings is 3. The zero-order valence-corrected chi connectivity index (χ0v) is 25.5. The van der Waals surface area contributed by atoms with Crippen LogP contribution in [-0.2, 0) is 16.6 Å². The maximum atomic E-state index is 13.1. The Bertz CT molecular complexity index is 1620. The topological polar surface area (TPSA) is 71.7 Å². The number of aromatic nitrogens is 1. The van der Waals surface area contributed by atoms with Gasteiger partial charge in [0, 0.05) is 29.1 Å². The lowest BCUT2D eigenvalue weighted by Gasteiger charge is -2.25. The summed E-state index contributed by atoms with van der Waals surface area (Å²) >= 11 is 7.60. The molecule has 1 aliphatic rings. The summed E-state index contributed by atoms with van der Waals surface area (Å²) in [5.41, 5.74) is 4.18. The van der Waals surface area contributed by atoms with Crippen molar-refractivity contribution in [1.29, 1.82) is 0 Å². The number of halogens is 2. The van der Waals surface area contributed by atoms with E-state index in [0.29, 0.717) is 40.8 Å². The van der Waals surface area contributed by atoms with Gasteiger partial charge in [-0.25, -0.2) is 13.4 Å². The van der Waals surface area contributed by atoms with Gasteiger partial charge in [-0.15, -0.1) is 28.3 Å². The van der Waals surface area contributed by atoms with Gasteiger partial charge in [0.15, 0.2) is 10.6 Å². The molecule has 1 aliphatic heterocycles. The summed E-state index contributed by atoms with van der Waals surface area (Å²) in [4.78, 5) is 17.8. The zero-order chi connectivity index (χ0) is 26.7. The molecule has 0 spiro atoms. The van der Waals surface area contributed by atoms with Crippen molar-refractivity contribution in [2.45, 2.75) is 37.6 Å². The number of ketones is 1. The van der Waals surface area contributed by atoms with Crippen molar-refractivity contribution in [1.82, 2.24) is 8.87 Å². The largest absolute Gasteiger partial charge is 0.312 e. The molecule has 0 unspecified atom stereocenters. The van der Waals surface area contributed by atoms with Crippen LogP contribution >= 0.6 is 39.9 Å². The molecule has 1 fully saturated rings. The Labute approximate surface area is 248 Å². The van der Waals surface area contributed by atoms with Crippen molar-refractivity contribution in [2.75, 3.05) is 13.1 Å². The van der Waals surface area contributed by atoms with E-state index < -0.39 is 10.0 Å². The van der Waals surface area contributed by atoms with E-state index in [1.165, 1.54) is 18.3 Å². The minimum atomic E-state index is -3.50. The lowest BCUT2D eigenvalue weighted by atomic mass is 10.1. The molecule has 0 saturated carbocycles. The predicted octanol–water partition coefficient (Wildman–Crippen LogP) is 7.11. The van der Waals surface area contributed by atoms with Crippen LogP contribution in [-0.4, -0.2) is 36.2 Å². The summed E-state index contributed by atoms with van der Waals surface area (Å²) in [7, 11) is -3.50. The second-order valence-electron chi connectivity index (χ2n) is 9.32. The minimum absolute atomic E-state index is 0. The van der Waals surface area contributed by atoms with Gasteiger partial charge in [-0.1, -0.05) is 54.4 Å². The maximum Gasteiger partial charge on any atom is 0.243 e. The number of Topliss-reactive ketones (excluding diaryl/α,β-unsaturated/α-hetero) is 1. The van der Waals surface area contributed by atoms with Crippen LogP contribution in [0.5, 0.6) is 0 Å². The smallest absolute Gasteiger partial charge is 0.243 e. The van der Waals surface area contributed by atoms with Crippen LogP contribution in [0.4, 0.5) is 5.69 Å². The van der Waals surface area contributed by atoms with Gasteiger partial charge in [-0.2, -0.15) is 4.31 Å². The molecule has 0 amide bonds. The zero-order valence-electron chi connectivity index (χ0n) is 21.4. The van der Waals surface area contributed by atoms with Crippen LogP contribution in [0.3, 0.4) is 0 Å². The Morgan fingerprint density at radius 1 is 0.974 bits per heavy atom. The molecule has 1 aromatic heterocycles. The molecule has 4 aromatic rings. The molecule has 5 rings (SSSR count). The molecule has 0 N–H and O–H groups in total. The normalized spacial score (nSPS) is 14.7. The number of thiazole rings is 1. The quantitative estimate of drug-likeness (QED) is 0.201. The van der Waals surface area contributed by atoms with Crippen LogP contribution in [0.25, 0.3) is 11.3 Å². The van der Waals surface area contributed by atoms with E-state index in [-0.39, 0.29) is 22.8 Å². The molecule has 6 nitrogen and oxygen atoms in total. The van der Waals surface area contributed by atoms with Gasteiger partial charge in [0.05, 0.1) is 22.8 Å². The first-order valence-corrected chi connectivity index (χ1v) is 15.2.